The number of aromatic hydroxyl groups is 3. The van der Waals surface area contributed by atoms with Crippen LogP contribution in [0.15, 0.2) is 45.6 Å². The van der Waals surface area contributed by atoms with Crippen LogP contribution in [0.3, 0.4) is 0 Å². The molecule has 7 nitrogen and oxygen atoms in total. The van der Waals surface area contributed by atoms with Gasteiger partial charge in [0.25, 0.3) is 5.95 Å². The van der Waals surface area contributed by atoms with Gasteiger partial charge in [-0.15, -0.1) is 0 Å². The molecular formula is C15H10O7. The lowest BCUT2D eigenvalue weighted by atomic mass is 10.0. The molecule has 0 bridgehead atoms. The van der Waals surface area contributed by atoms with Crippen LogP contribution in [0.1, 0.15) is 0 Å². The fourth-order valence-electron chi connectivity index (χ4n) is 2.21. The van der Waals surface area contributed by atoms with Gasteiger partial charge in [-0.2, -0.15) is 0 Å². The normalized spacial score (nSPS) is 10.8. The minimum Gasteiger partial charge on any atom is -0.508 e. The molecule has 0 saturated carbocycles. The van der Waals surface area contributed by atoms with E-state index in [1.54, 1.807) is 0 Å². The Morgan fingerprint density at radius 1 is 0.955 bits per heavy atom. The molecule has 22 heavy (non-hydrogen) atoms. The highest BCUT2D eigenvalue weighted by Gasteiger charge is 2.20. The fraction of sp³-hybridized carbons (Fsp3) is 0. The molecule has 3 aromatic rings. The molecule has 2 aromatic carbocycles. The summed E-state index contributed by atoms with van der Waals surface area (Å²) in [7, 11) is 0. The highest BCUT2D eigenvalue weighted by molar-refractivity contribution is 5.89. The van der Waals surface area contributed by atoms with E-state index in [1.807, 2.05) is 0 Å². The van der Waals surface area contributed by atoms with Gasteiger partial charge in [-0.25, -0.2) is 5.26 Å². The summed E-state index contributed by atoms with van der Waals surface area (Å²) in [6, 6.07) is 7.69. The SMILES string of the molecule is O=c1c(-c2ccc(O)cc2)c(O)oc2cc(O)cc(OO)c12. The summed E-state index contributed by atoms with van der Waals surface area (Å²) >= 11 is 0. The van der Waals surface area contributed by atoms with Crippen LogP contribution in [0.4, 0.5) is 0 Å². The van der Waals surface area contributed by atoms with Crippen LogP contribution in [0.25, 0.3) is 22.1 Å². The van der Waals surface area contributed by atoms with E-state index in [9.17, 15) is 20.1 Å². The molecule has 0 radical (unpaired) electrons. The maximum absolute atomic E-state index is 12.6. The van der Waals surface area contributed by atoms with E-state index < -0.39 is 11.4 Å². The van der Waals surface area contributed by atoms with Gasteiger partial charge in [-0.1, -0.05) is 12.1 Å². The maximum atomic E-state index is 12.6. The summed E-state index contributed by atoms with van der Waals surface area (Å²) in [5.74, 6) is -1.27. The largest absolute Gasteiger partial charge is 0.508 e. The first-order chi connectivity index (χ1) is 10.5. The minimum atomic E-state index is -0.659. The monoisotopic (exact) mass is 302 g/mol. The lowest BCUT2D eigenvalue weighted by molar-refractivity contribution is -0.136. The molecule has 0 atom stereocenters. The van der Waals surface area contributed by atoms with Crippen LogP contribution in [-0.2, 0) is 0 Å². The Labute approximate surface area is 122 Å². The quantitative estimate of drug-likeness (QED) is 0.424. The second-order valence-corrected chi connectivity index (χ2v) is 4.57. The molecule has 112 valence electrons. The highest BCUT2D eigenvalue weighted by Crippen LogP contribution is 2.35. The second-order valence-electron chi connectivity index (χ2n) is 4.57. The van der Waals surface area contributed by atoms with Gasteiger partial charge in [0.15, 0.2) is 5.75 Å². The van der Waals surface area contributed by atoms with E-state index in [0.29, 0.717) is 5.56 Å². The molecule has 7 heteroatoms. The van der Waals surface area contributed by atoms with Crippen molar-refractivity contribution in [3.05, 3.63) is 46.6 Å². The van der Waals surface area contributed by atoms with Crippen molar-refractivity contribution in [2.75, 3.05) is 0 Å². The number of hydrogen-bond donors (Lipinski definition) is 4. The summed E-state index contributed by atoms with van der Waals surface area (Å²) in [5, 5.41) is 37.4. The first-order valence-corrected chi connectivity index (χ1v) is 6.15. The van der Waals surface area contributed by atoms with Crippen molar-refractivity contribution < 1.29 is 29.9 Å². The molecule has 3 rings (SSSR count). The van der Waals surface area contributed by atoms with Gasteiger partial charge in [-0.05, 0) is 17.7 Å². The summed E-state index contributed by atoms with van der Waals surface area (Å²) in [5.41, 5.74) is -0.651. The van der Waals surface area contributed by atoms with Crippen LogP contribution in [0.5, 0.6) is 23.2 Å². The smallest absolute Gasteiger partial charge is 0.294 e. The lowest BCUT2D eigenvalue weighted by Gasteiger charge is -2.08. The Hall–Kier alpha value is -3.19. The topological polar surface area (TPSA) is 120 Å². The average Bonchev–Trinajstić information content (AvgIpc) is 2.47. The van der Waals surface area contributed by atoms with Crippen molar-refractivity contribution in [2.24, 2.45) is 0 Å². The molecule has 1 heterocycles. The first kappa shape index (κ1) is 13.8. The van der Waals surface area contributed by atoms with Gasteiger partial charge in [-0.3, -0.25) is 4.79 Å². The summed E-state index contributed by atoms with van der Waals surface area (Å²) in [6.45, 7) is 0. The second kappa shape index (κ2) is 4.97. The molecule has 0 aliphatic heterocycles. The fourth-order valence-corrected chi connectivity index (χ4v) is 2.21. The van der Waals surface area contributed by atoms with E-state index in [1.165, 1.54) is 24.3 Å². The number of phenols is 2. The standard InChI is InChI=1S/C15H10O7/c16-8-3-1-7(2-4-8)12-14(18)13-10(21-15(12)19)5-9(17)6-11(13)22-20/h1-6,16-17,19-20H. The van der Waals surface area contributed by atoms with Crippen LogP contribution in [0.2, 0.25) is 0 Å². The zero-order valence-corrected chi connectivity index (χ0v) is 11.0. The maximum Gasteiger partial charge on any atom is 0.294 e. The van der Waals surface area contributed by atoms with Gasteiger partial charge in [0.05, 0.1) is 0 Å². The molecule has 0 fully saturated rings. The van der Waals surface area contributed by atoms with Crippen LogP contribution >= 0.6 is 0 Å². The Bertz CT molecular complexity index is 910. The van der Waals surface area contributed by atoms with Gasteiger partial charge < -0.3 is 24.6 Å². The van der Waals surface area contributed by atoms with Crippen molar-refractivity contribution in [2.45, 2.75) is 0 Å². The van der Waals surface area contributed by atoms with Gasteiger partial charge in [0.2, 0.25) is 5.43 Å². The van der Waals surface area contributed by atoms with Crippen LogP contribution in [0, 0.1) is 0 Å². The molecular weight excluding hydrogens is 292 g/mol. The summed E-state index contributed by atoms with van der Waals surface area (Å²) in [6.07, 6.45) is 0. The van der Waals surface area contributed by atoms with Gasteiger partial charge in [0, 0.05) is 12.1 Å². The molecule has 0 saturated heterocycles. The summed E-state index contributed by atoms with van der Waals surface area (Å²) in [4.78, 5) is 16.7. The van der Waals surface area contributed by atoms with Crippen LogP contribution < -0.4 is 10.3 Å². The van der Waals surface area contributed by atoms with Gasteiger partial charge >= 0.3 is 0 Å². The molecule has 0 spiro atoms. The molecule has 0 aliphatic carbocycles. The van der Waals surface area contributed by atoms with E-state index in [2.05, 4.69) is 4.89 Å². The highest BCUT2D eigenvalue weighted by atomic mass is 17.1. The Kier molecular flexibility index (Phi) is 3.11. The van der Waals surface area contributed by atoms with Crippen molar-refractivity contribution in [1.82, 2.24) is 0 Å². The van der Waals surface area contributed by atoms with E-state index in [0.717, 1.165) is 12.1 Å². The van der Waals surface area contributed by atoms with Crippen molar-refractivity contribution in [3.63, 3.8) is 0 Å². The molecule has 4 N–H and O–H groups in total. The predicted octanol–water partition coefficient (Wildman–Crippen LogP) is 2.43. The zero-order valence-electron chi connectivity index (χ0n) is 11.0. The number of rotatable bonds is 2. The summed E-state index contributed by atoms with van der Waals surface area (Å²) < 4.78 is 5.12. The average molecular weight is 302 g/mol. The first-order valence-electron chi connectivity index (χ1n) is 6.15. The van der Waals surface area contributed by atoms with E-state index in [-0.39, 0.29) is 33.8 Å². The number of fused-ring (bicyclic) bond motifs is 1. The molecule has 1 aromatic heterocycles. The van der Waals surface area contributed by atoms with E-state index in [4.69, 9.17) is 9.67 Å². The van der Waals surface area contributed by atoms with Crippen molar-refractivity contribution in [1.29, 1.82) is 0 Å². The van der Waals surface area contributed by atoms with E-state index >= 15 is 0 Å². The number of phenolic OH excluding ortho intramolecular Hbond substituents is 2. The minimum absolute atomic E-state index is 0.00211. The van der Waals surface area contributed by atoms with Crippen molar-refractivity contribution >= 4 is 11.0 Å². The third-order valence-corrected chi connectivity index (χ3v) is 3.18. The van der Waals surface area contributed by atoms with Crippen LogP contribution in [-0.4, -0.2) is 20.6 Å². The third-order valence-electron chi connectivity index (χ3n) is 3.18. The number of benzene rings is 2. The number of hydrogen-bond acceptors (Lipinski definition) is 7. The molecule has 0 unspecified atom stereocenters. The predicted molar refractivity (Wildman–Crippen MR) is 76.2 cm³/mol. The Balaban J connectivity index is 2.39. The lowest BCUT2D eigenvalue weighted by Crippen LogP contribution is -2.07. The Morgan fingerprint density at radius 2 is 1.64 bits per heavy atom. The van der Waals surface area contributed by atoms with Crippen molar-refractivity contribution in [3.8, 4) is 34.3 Å². The third kappa shape index (κ3) is 2.09. The van der Waals surface area contributed by atoms with Gasteiger partial charge in [0.1, 0.15) is 28.0 Å². The zero-order chi connectivity index (χ0) is 15.9. The Morgan fingerprint density at radius 3 is 2.27 bits per heavy atom. The molecule has 0 aliphatic rings. The molecule has 0 amide bonds.